The predicted molar refractivity (Wildman–Crippen MR) is 162 cm³/mol. The molecule has 1 unspecified atom stereocenters. The molecule has 3 heterocycles. The number of hydrogen-bond acceptors (Lipinski definition) is 8. The highest BCUT2D eigenvalue weighted by molar-refractivity contribution is 6.32. The number of aromatic nitrogens is 3. The van der Waals surface area contributed by atoms with Gasteiger partial charge in [0.2, 0.25) is 5.91 Å². The fourth-order valence-corrected chi connectivity index (χ4v) is 5.15. The molecule has 0 bridgehead atoms. The van der Waals surface area contributed by atoms with Crippen LogP contribution in [0.25, 0.3) is 10.9 Å². The number of carbonyl (C=O) groups excluding carboxylic acids is 1. The highest BCUT2D eigenvalue weighted by Gasteiger charge is 2.21. The van der Waals surface area contributed by atoms with Gasteiger partial charge in [-0.15, -0.1) is 0 Å². The van der Waals surface area contributed by atoms with Crippen LogP contribution in [0, 0.1) is 0 Å². The number of hydrogen-bond donors (Lipinski definition) is 2. The number of halogens is 1. The number of rotatable bonds is 11. The van der Waals surface area contributed by atoms with Gasteiger partial charge < -0.3 is 20.1 Å². The number of likely N-dealkylation sites (N-methyl/N-ethyl adjacent to an activating group) is 1. The van der Waals surface area contributed by atoms with Crippen molar-refractivity contribution in [1.82, 2.24) is 19.9 Å². The average molecular weight is 573 g/mol. The fraction of sp³-hybridized carbons (Fsp3) is 0.290. The topological polar surface area (TPSA) is 102 Å². The van der Waals surface area contributed by atoms with Gasteiger partial charge in [-0.2, -0.15) is 0 Å². The Morgan fingerprint density at radius 3 is 2.80 bits per heavy atom. The number of pyridine rings is 1. The van der Waals surface area contributed by atoms with Crippen LogP contribution in [0.4, 0.5) is 17.2 Å². The minimum atomic E-state index is -0.215. The van der Waals surface area contributed by atoms with Crippen LogP contribution in [0.5, 0.6) is 11.5 Å². The maximum absolute atomic E-state index is 12.9. The monoisotopic (exact) mass is 572 g/mol. The molecule has 2 aromatic carbocycles. The smallest absolute Gasteiger partial charge is 0.248 e. The van der Waals surface area contributed by atoms with Crippen molar-refractivity contribution in [3.63, 3.8) is 0 Å². The molecular formula is C31H33ClN6O3. The van der Waals surface area contributed by atoms with Crippen LogP contribution >= 0.6 is 11.6 Å². The number of nitrogens with zero attached hydrogens (tertiary/aromatic N) is 4. The van der Waals surface area contributed by atoms with E-state index in [9.17, 15) is 4.79 Å². The summed E-state index contributed by atoms with van der Waals surface area (Å²) in [5, 5.41) is 7.40. The van der Waals surface area contributed by atoms with E-state index in [0.717, 1.165) is 31.6 Å². The zero-order valence-electron chi connectivity index (χ0n) is 23.1. The Hall–Kier alpha value is -4.21. The summed E-state index contributed by atoms with van der Waals surface area (Å²) in [5.41, 5.74) is 2.73. The summed E-state index contributed by atoms with van der Waals surface area (Å²) in [6.07, 6.45) is 9.00. The zero-order valence-corrected chi connectivity index (χ0v) is 23.9. The molecule has 1 saturated heterocycles. The van der Waals surface area contributed by atoms with Crippen LogP contribution in [-0.2, 0) is 11.4 Å². The van der Waals surface area contributed by atoms with E-state index in [1.54, 1.807) is 30.5 Å². The molecule has 0 spiro atoms. The lowest BCUT2D eigenvalue weighted by molar-refractivity contribution is -0.112. The first-order valence-corrected chi connectivity index (χ1v) is 14.2. The van der Waals surface area contributed by atoms with Crippen molar-refractivity contribution in [1.29, 1.82) is 0 Å². The standard InChI is InChI=1S/C31H33ClN6O3/c1-3-38-17-7-9-23(38)11-15-28(39)37-26-13-12-25-29(30(26)40-4-2)31(35-20-34-25)36-21-10-14-27(24(32)18-21)41-19-22-8-5-6-16-33-22/h5-6,8,10-16,18,20,23H,3-4,7,9,17,19H2,1-2H3,(H,37,39)(H,34,35,36)/b15-11+. The quantitative estimate of drug-likeness (QED) is 0.200. The Morgan fingerprint density at radius 1 is 1.12 bits per heavy atom. The number of ether oxygens (including phenoxy) is 2. The van der Waals surface area contributed by atoms with E-state index in [4.69, 9.17) is 21.1 Å². The summed E-state index contributed by atoms with van der Waals surface area (Å²) in [4.78, 5) is 28.4. The number of amides is 1. The number of likely N-dealkylation sites (tertiary alicyclic amines) is 1. The molecule has 9 nitrogen and oxygen atoms in total. The number of anilines is 3. The molecule has 0 saturated carbocycles. The Kier molecular flexibility index (Phi) is 9.28. The molecule has 2 N–H and O–H groups in total. The molecule has 5 rings (SSSR count). The van der Waals surface area contributed by atoms with Crippen molar-refractivity contribution in [3.8, 4) is 11.5 Å². The van der Waals surface area contributed by atoms with Gasteiger partial charge in [-0.1, -0.05) is 30.7 Å². The molecule has 2 aromatic heterocycles. The summed E-state index contributed by atoms with van der Waals surface area (Å²) in [6.45, 7) is 6.77. The first-order chi connectivity index (χ1) is 20.1. The molecule has 1 aliphatic rings. The van der Waals surface area contributed by atoms with Crippen molar-refractivity contribution >= 4 is 45.6 Å². The third kappa shape index (κ3) is 6.93. The van der Waals surface area contributed by atoms with E-state index in [-0.39, 0.29) is 11.9 Å². The van der Waals surface area contributed by atoms with Crippen molar-refractivity contribution in [3.05, 3.63) is 83.9 Å². The highest BCUT2D eigenvalue weighted by atomic mass is 35.5. The van der Waals surface area contributed by atoms with Gasteiger partial charge in [0.1, 0.15) is 24.5 Å². The summed E-state index contributed by atoms with van der Waals surface area (Å²) >= 11 is 6.54. The Bertz CT molecular complexity index is 1530. The molecule has 0 aliphatic carbocycles. The van der Waals surface area contributed by atoms with Crippen LogP contribution in [0.1, 0.15) is 32.4 Å². The molecule has 1 atom stereocenters. The summed E-state index contributed by atoms with van der Waals surface area (Å²) in [7, 11) is 0. The van der Waals surface area contributed by atoms with Gasteiger partial charge in [-0.25, -0.2) is 9.97 Å². The van der Waals surface area contributed by atoms with Gasteiger partial charge in [0.05, 0.1) is 33.9 Å². The maximum atomic E-state index is 12.9. The molecular weight excluding hydrogens is 540 g/mol. The second kappa shape index (κ2) is 13.4. The van der Waals surface area contributed by atoms with Gasteiger partial charge in [-0.3, -0.25) is 14.7 Å². The van der Waals surface area contributed by atoms with Crippen LogP contribution in [0.2, 0.25) is 5.02 Å². The second-order valence-corrected chi connectivity index (χ2v) is 9.97. The Balaban J connectivity index is 1.37. The number of carbonyl (C=O) groups is 1. The lowest BCUT2D eigenvalue weighted by Gasteiger charge is -2.19. The summed E-state index contributed by atoms with van der Waals surface area (Å²) in [6, 6.07) is 15.0. The van der Waals surface area contributed by atoms with E-state index >= 15 is 0 Å². The van der Waals surface area contributed by atoms with Crippen molar-refractivity contribution in [2.75, 3.05) is 30.3 Å². The number of fused-ring (bicyclic) bond motifs is 1. The highest BCUT2D eigenvalue weighted by Crippen LogP contribution is 2.38. The first kappa shape index (κ1) is 28.3. The normalized spacial score (nSPS) is 15.3. The number of nitrogens with one attached hydrogen (secondary N) is 2. The molecule has 1 fully saturated rings. The summed E-state index contributed by atoms with van der Waals surface area (Å²) in [5.74, 6) is 1.34. The van der Waals surface area contributed by atoms with E-state index in [1.165, 1.54) is 6.33 Å². The van der Waals surface area contributed by atoms with E-state index in [2.05, 4.69) is 37.4 Å². The van der Waals surface area contributed by atoms with Crippen LogP contribution < -0.4 is 20.1 Å². The fourth-order valence-electron chi connectivity index (χ4n) is 4.91. The molecule has 4 aromatic rings. The zero-order chi connectivity index (χ0) is 28.6. The third-order valence-corrected chi connectivity index (χ3v) is 7.18. The van der Waals surface area contributed by atoms with Crippen molar-refractivity contribution in [2.24, 2.45) is 0 Å². The SMILES string of the molecule is CCOc1c(NC(=O)/C=C/C2CCCN2CC)ccc2ncnc(Nc3ccc(OCc4ccccn4)c(Cl)c3)c12. The second-order valence-electron chi connectivity index (χ2n) is 9.56. The van der Waals surface area contributed by atoms with Gasteiger partial charge in [0, 0.05) is 24.0 Å². The van der Waals surface area contributed by atoms with Crippen molar-refractivity contribution < 1.29 is 14.3 Å². The predicted octanol–water partition coefficient (Wildman–Crippen LogP) is 6.38. The molecule has 41 heavy (non-hydrogen) atoms. The minimum Gasteiger partial charge on any atom is -0.491 e. The molecule has 212 valence electrons. The molecule has 0 radical (unpaired) electrons. The van der Waals surface area contributed by atoms with E-state index < -0.39 is 0 Å². The molecule has 1 amide bonds. The minimum absolute atomic E-state index is 0.215. The van der Waals surface area contributed by atoms with Gasteiger partial charge in [0.25, 0.3) is 0 Å². The van der Waals surface area contributed by atoms with Gasteiger partial charge in [-0.05, 0) is 75.3 Å². The number of benzene rings is 2. The summed E-state index contributed by atoms with van der Waals surface area (Å²) < 4.78 is 11.9. The first-order valence-electron chi connectivity index (χ1n) is 13.8. The van der Waals surface area contributed by atoms with Crippen LogP contribution in [-0.4, -0.2) is 51.5 Å². The Labute approximate surface area is 244 Å². The van der Waals surface area contributed by atoms with Gasteiger partial charge in [0.15, 0.2) is 5.75 Å². The van der Waals surface area contributed by atoms with Crippen LogP contribution in [0.15, 0.2) is 73.2 Å². The average Bonchev–Trinajstić information content (AvgIpc) is 3.45. The largest absolute Gasteiger partial charge is 0.491 e. The third-order valence-electron chi connectivity index (χ3n) is 6.89. The van der Waals surface area contributed by atoms with Crippen LogP contribution in [0.3, 0.4) is 0 Å². The molecule has 10 heteroatoms. The lowest BCUT2D eigenvalue weighted by atomic mass is 10.1. The Morgan fingerprint density at radius 2 is 2.02 bits per heavy atom. The van der Waals surface area contributed by atoms with E-state index in [1.807, 2.05) is 43.3 Å². The maximum Gasteiger partial charge on any atom is 0.248 e. The lowest BCUT2D eigenvalue weighted by Crippen LogP contribution is -2.27. The van der Waals surface area contributed by atoms with E-state index in [0.29, 0.717) is 57.8 Å². The van der Waals surface area contributed by atoms with Crippen molar-refractivity contribution in [2.45, 2.75) is 39.3 Å². The molecule has 1 aliphatic heterocycles. The van der Waals surface area contributed by atoms with Gasteiger partial charge >= 0.3 is 0 Å².